The van der Waals surface area contributed by atoms with Gasteiger partial charge in [-0.2, -0.15) is 0 Å². The number of carbonyl (C=O) groups excluding carboxylic acids is 1. The summed E-state index contributed by atoms with van der Waals surface area (Å²) in [6, 6.07) is 21.4. The van der Waals surface area contributed by atoms with Crippen molar-refractivity contribution in [3.8, 4) is 0 Å². The fourth-order valence-electron chi connectivity index (χ4n) is 3.29. The Morgan fingerprint density at radius 3 is 2.28 bits per heavy atom. The summed E-state index contributed by atoms with van der Waals surface area (Å²) in [6.45, 7) is 3.94. The summed E-state index contributed by atoms with van der Waals surface area (Å²) in [5.41, 5.74) is 3.47. The fourth-order valence-corrected chi connectivity index (χ4v) is 4.83. The van der Waals surface area contributed by atoms with Gasteiger partial charge in [0.1, 0.15) is 6.54 Å². The molecule has 0 aromatic heterocycles. The van der Waals surface area contributed by atoms with Crippen LogP contribution in [0.1, 0.15) is 23.1 Å². The second-order valence-electron chi connectivity index (χ2n) is 7.74. The highest BCUT2D eigenvalue weighted by molar-refractivity contribution is 7.92. The van der Waals surface area contributed by atoms with Gasteiger partial charge in [-0.25, -0.2) is 8.42 Å². The van der Waals surface area contributed by atoms with Crippen molar-refractivity contribution in [1.29, 1.82) is 0 Å². The zero-order chi connectivity index (χ0) is 23.1. The SMILES string of the molecule is Cc1ccc(S(=O)(=O)N(CC(=O)NCCCc2ccc(Cl)cc2)c2cccc(C)c2)cc1. The van der Waals surface area contributed by atoms with Crippen molar-refractivity contribution in [2.75, 3.05) is 17.4 Å². The van der Waals surface area contributed by atoms with Gasteiger partial charge < -0.3 is 5.32 Å². The van der Waals surface area contributed by atoms with Gasteiger partial charge in [0, 0.05) is 11.6 Å². The molecule has 0 atom stereocenters. The van der Waals surface area contributed by atoms with Gasteiger partial charge in [0.25, 0.3) is 10.0 Å². The van der Waals surface area contributed by atoms with E-state index in [0.29, 0.717) is 17.3 Å². The van der Waals surface area contributed by atoms with E-state index in [1.807, 2.05) is 44.2 Å². The first kappa shape index (κ1) is 23.8. The third kappa shape index (κ3) is 6.34. The molecular weight excluding hydrogens is 444 g/mol. The zero-order valence-electron chi connectivity index (χ0n) is 18.2. The van der Waals surface area contributed by atoms with Crippen LogP contribution in [-0.2, 0) is 21.2 Å². The Balaban J connectivity index is 1.70. The van der Waals surface area contributed by atoms with Gasteiger partial charge in [-0.1, -0.05) is 53.6 Å². The molecule has 3 aromatic carbocycles. The van der Waals surface area contributed by atoms with Crippen LogP contribution >= 0.6 is 11.6 Å². The maximum Gasteiger partial charge on any atom is 0.264 e. The van der Waals surface area contributed by atoms with Crippen LogP contribution in [0, 0.1) is 13.8 Å². The van der Waals surface area contributed by atoms with Crippen molar-refractivity contribution >= 4 is 33.2 Å². The maximum atomic E-state index is 13.4. The van der Waals surface area contributed by atoms with Gasteiger partial charge in [0.2, 0.25) is 5.91 Å². The summed E-state index contributed by atoms with van der Waals surface area (Å²) < 4.78 is 27.9. The summed E-state index contributed by atoms with van der Waals surface area (Å²) >= 11 is 5.90. The van der Waals surface area contributed by atoms with E-state index in [2.05, 4.69) is 5.32 Å². The van der Waals surface area contributed by atoms with Crippen LogP contribution in [0.3, 0.4) is 0 Å². The van der Waals surface area contributed by atoms with Crippen LogP contribution in [0.25, 0.3) is 0 Å². The minimum absolute atomic E-state index is 0.153. The lowest BCUT2D eigenvalue weighted by Gasteiger charge is -2.24. The Kier molecular flexibility index (Phi) is 7.94. The average Bonchev–Trinajstić information content (AvgIpc) is 2.76. The quantitative estimate of drug-likeness (QED) is 0.452. The van der Waals surface area contributed by atoms with Crippen molar-refractivity contribution in [3.05, 3.63) is 94.5 Å². The molecule has 3 aromatic rings. The summed E-state index contributed by atoms with van der Waals surface area (Å²) in [7, 11) is -3.90. The lowest BCUT2D eigenvalue weighted by atomic mass is 10.1. The third-order valence-electron chi connectivity index (χ3n) is 5.06. The Labute approximate surface area is 195 Å². The Morgan fingerprint density at radius 2 is 1.62 bits per heavy atom. The topological polar surface area (TPSA) is 66.5 Å². The lowest BCUT2D eigenvalue weighted by molar-refractivity contribution is -0.119. The number of anilines is 1. The molecule has 1 N–H and O–H groups in total. The van der Waals surface area contributed by atoms with Crippen LogP contribution in [0.15, 0.2) is 77.7 Å². The first-order valence-electron chi connectivity index (χ1n) is 10.4. The molecule has 0 saturated carbocycles. The Bertz CT molecular complexity index is 1160. The molecule has 7 heteroatoms. The summed E-state index contributed by atoms with van der Waals surface area (Å²) in [6.07, 6.45) is 1.53. The monoisotopic (exact) mass is 470 g/mol. The van der Waals surface area contributed by atoms with Crippen molar-refractivity contribution in [3.63, 3.8) is 0 Å². The number of benzene rings is 3. The second-order valence-corrected chi connectivity index (χ2v) is 10.0. The molecule has 0 bridgehead atoms. The molecule has 32 heavy (non-hydrogen) atoms. The second kappa shape index (κ2) is 10.7. The molecule has 0 aliphatic carbocycles. The number of nitrogens with zero attached hydrogens (tertiary/aromatic N) is 1. The number of nitrogens with one attached hydrogen (secondary N) is 1. The first-order valence-corrected chi connectivity index (χ1v) is 12.2. The van der Waals surface area contributed by atoms with E-state index in [1.54, 1.807) is 42.5 Å². The molecule has 1 amide bonds. The molecular formula is C25H27ClN2O3S. The summed E-state index contributed by atoms with van der Waals surface area (Å²) in [5, 5.41) is 3.53. The molecule has 0 aliphatic heterocycles. The molecule has 0 saturated heterocycles. The number of aryl methyl sites for hydroxylation is 3. The van der Waals surface area contributed by atoms with Crippen LogP contribution < -0.4 is 9.62 Å². The predicted octanol–water partition coefficient (Wildman–Crippen LogP) is 4.90. The molecule has 0 aliphatic rings. The van der Waals surface area contributed by atoms with E-state index in [9.17, 15) is 13.2 Å². The highest BCUT2D eigenvalue weighted by Gasteiger charge is 2.27. The highest BCUT2D eigenvalue weighted by Crippen LogP contribution is 2.24. The van der Waals surface area contributed by atoms with E-state index in [4.69, 9.17) is 11.6 Å². The van der Waals surface area contributed by atoms with Gasteiger partial charge in [-0.3, -0.25) is 9.10 Å². The Morgan fingerprint density at radius 1 is 0.938 bits per heavy atom. The average molecular weight is 471 g/mol. The normalized spacial score (nSPS) is 11.2. The number of hydrogen-bond donors (Lipinski definition) is 1. The summed E-state index contributed by atoms with van der Waals surface area (Å²) in [5.74, 6) is -0.349. The number of hydrogen-bond acceptors (Lipinski definition) is 3. The standard InChI is InChI=1S/C25H27ClN2O3S/c1-19-8-14-24(15-9-19)32(30,31)28(23-7-3-5-20(2)17-23)18-25(29)27-16-4-6-21-10-12-22(26)13-11-21/h3,5,7-15,17H,4,6,16,18H2,1-2H3,(H,27,29). The fraction of sp³-hybridized carbons (Fsp3) is 0.240. The van der Waals surface area contributed by atoms with E-state index < -0.39 is 10.0 Å². The highest BCUT2D eigenvalue weighted by atomic mass is 35.5. The van der Waals surface area contributed by atoms with Crippen LogP contribution in [0.5, 0.6) is 0 Å². The maximum absolute atomic E-state index is 13.4. The molecule has 3 rings (SSSR count). The van der Waals surface area contributed by atoms with Crippen LogP contribution in [0.2, 0.25) is 5.02 Å². The largest absolute Gasteiger partial charge is 0.355 e. The number of amides is 1. The third-order valence-corrected chi connectivity index (χ3v) is 7.10. The molecule has 0 radical (unpaired) electrons. The molecule has 0 fully saturated rings. The zero-order valence-corrected chi connectivity index (χ0v) is 19.8. The van der Waals surface area contributed by atoms with Gasteiger partial charge in [-0.15, -0.1) is 0 Å². The van der Waals surface area contributed by atoms with E-state index in [-0.39, 0.29) is 17.3 Å². The molecule has 0 spiro atoms. The van der Waals surface area contributed by atoms with Crippen molar-refractivity contribution in [1.82, 2.24) is 5.32 Å². The molecule has 168 valence electrons. The van der Waals surface area contributed by atoms with Gasteiger partial charge in [-0.05, 0) is 74.2 Å². The number of sulfonamides is 1. The Hall–Kier alpha value is -2.83. The lowest BCUT2D eigenvalue weighted by Crippen LogP contribution is -2.41. The smallest absolute Gasteiger partial charge is 0.264 e. The van der Waals surface area contributed by atoms with E-state index >= 15 is 0 Å². The minimum Gasteiger partial charge on any atom is -0.355 e. The van der Waals surface area contributed by atoms with E-state index in [1.165, 1.54) is 4.31 Å². The molecule has 0 unspecified atom stereocenters. The van der Waals surface area contributed by atoms with Crippen LogP contribution in [0.4, 0.5) is 5.69 Å². The van der Waals surface area contributed by atoms with Crippen molar-refractivity contribution in [2.24, 2.45) is 0 Å². The van der Waals surface area contributed by atoms with Crippen LogP contribution in [-0.4, -0.2) is 27.4 Å². The number of carbonyl (C=O) groups is 1. The molecule has 0 heterocycles. The van der Waals surface area contributed by atoms with Crippen molar-refractivity contribution < 1.29 is 13.2 Å². The summed E-state index contributed by atoms with van der Waals surface area (Å²) in [4.78, 5) is 12.8. The number of halogens is 1. The van der Waals surface area contributed by atoms with Gasteiger partial charge in [0.15, 0.2) is 0 Å². The predicted molar refractivity (Wildman–Crippen MR) is 130 cm³/mol. The number of rotatable bonds is 9. The van der Waals surface area contributed by atoms with Crippen molar-refractivity contribution in [2.45, 2.75) is 31.6 Å². The molecule has 5 nitrogen and oxygen atoms in total. The van der Waals surface area contributed by atoms with Gasteiger partial charge in [0.05, 0.1) is 10.6 Å². The van der Waals surface area contributed by atoms with E-state index in [0.717, 1.165) is 29.5 Å². The first-order chi connectivity index (χ1) is 15.3. The minimum atomic E-state index is -3.90. The van der Waals surface area contributed by atoms with Gasteiger partial charge >= 0.3 is 0 Å².